The zero-order valence-electron chi connectivity index (χ0n) is 7.37. The van der Waals surface area contributed by atoms with E-state index in [4.69, 9.17) is 4.52 Å². The zero-order valence-corrected chi connectivity index (χ0v) is 7.37. The summed E-state index contributed by atoms with van der Waals surface area (Å²) >= 11 is 0. The van der Waals surface area contributed by atoms with Gasteiger partial charge in [0.05, 0.1) is 12.3 Å². The molecule has 0 bridgehead atoms. The number of rotatable bonds is 0. The van der Waals surface area contributed by atoms with Crippen LogP contribution >= 0.6 is 0 Å². The van der Waals surface area contributed by atoms with Crippen LogP contribution in [0.4, 0.5) is 0 Å². The topological polar surface area (TPSA) is 46.3 Å². The van der Waals surface area contributed by atoms with Gasteiger partial charge in [-0.05, 0) is 6.42 Å². The van der Waals surface area contributed by atoms with Crippen LogP contribution in [0.5, 0.6) is 0 Å². The van der Waals surface area contributed by atoms with E-state index in [9.17, 15) is 5.11 Å². The lowest BCUT2D eigenvalue weighted by molar-refractivity contribution is 0.115. The average molecular weight is 167 g/mol. The second-order valence-corrected chi connectivity index (χ2v) is 4.13. The number of fused-ring (bicyclic) bond motifs is 1. The van der Waals surface area contributed by atoms with Gasteiger partial charge in [-0.25, -0.2) is 0 Å². The fourth-order valence-corrected chi connectivity index (χ4v) is 1.97. The lowest BCUT2D eigenvalue weighted by atomic mass is 9.76. The molecule has 1 aromatic heterocycles. The molecule has 3 heteroatoms. The summed E-state index contributed by atoms with van der Waals surface area (Å²) in [6, 6.07) is 0. The third-order valence-corrected chi connectivity index (χ3v) is 2.46. The van der Waals surface area contributed by atoms with Gasteiger partial charge < -0.3 is 9.63 Å². The molecule has 1 aromatic rings. The van der Waals surface area contributed by atoms with Crippen molar-refractivity contribution >= 4 is 0 Å². The molecule has 1 aliphatic carbocycles. The Morgan fingerprint density at radius 3 is 3.17 bits per heavy atom. The van der Waals surface area contributed by atoms with Crippen molar-refractivity contribution in [3.63, 3.8) is 0 Å². The van der Waals surface area contributed by atoms with Crippen molar-refractivity contribution in [3.05, 3.63) is 17.5 Å². The number of hydrogen-bond acceptors (Lipinski definition) is 3. The minimum atomic E-state index is -0.244. The molecule has 0 aliphatic heterocycles. The van der Waals surface area contributed by atoms with Crippen LogP contribution in [0, 0.1) is 0 Å². The largest absolute Gasteiger partial charge is 0.393 e. The highest BCUT2D eigenvalue weighted by atomic mass is 16.5. The monoisotopic (exact) mass is 167 g/mol. The van der Waals surface area contributed by atoms with Gasteiger partial charge in [-0.1, -0.05) is 19.0 Å². The second-order valence-electron chi connectivity index (χ2n) is 4.13. The molecule has 0 radical (unpaired) electrons. The highest BCUT2D eigenvalue weighted by Gasteiger charge is 2.35. The quantitative estimate of drug-likeness (QED) is 0.632. The van der Waals surface area contributed by atoms with Gasteiger partial charge in [0.1, 0.15) is 5.76 Å². The Balaban J connectivity index is 2.45. The first-order valence-electron chi connectivity index (χ1n) is 4.22. The van der Waals surface area contributed by atoms with Crippen LogP contribution < -0.4 is 0 Å². The Morgan fingerprint density at radius 1 is 1.67 bits per heavy atom. The summed E-state index contributed by atoms with van der Waals surface area (Å²) in [5.41, 5.74) is 0.988. The van der Waals surface area contributed by atoms with Gasteiger partial charge in [0.2, 0.25) is 0 Å². The SMILES string of the molecule is CC1(C)CC(O)Cc2cnoc21. The smallest absolute Gasteiger partial charge is 0.145 e. The molecule has 12 heavy (non-hydrogen) atoms. The van der Waals surface area contributed by atoms with Gasteiger partial charge in [-0.3, -0.25) is 0 Å². The first-order chi connectivity index (χ1) is 5.59. The number of aliphatic hydroxyl groups is 1. The van der Waals surface area contributed by atoms with E-state index in [1.807, 2.05) is 0 Å². The Kier molecular flexibility index (Phi) is 1.51. The molecule has 0 saturated heterocycles. The van der Waals surface area contributed by atoms with E-state index >= 15 is 0 Å². The van der Waals surface area contributed by atoms with Crippen LogP contribution in [-0.4, -0.2) is 16.4 Å². The number of hydrogen-bond donors (Lipinski definition) is 1. The van der Waals surface area contributed by atoms with Crippen molar-refractivity contribution < 1.29 is 9.63 Å². The van der Waals surface area contributed by atoms with E-state index < -0.39 is 0 Å². The fraction of sp³-hybridized carbons (Fsp3) is 0.667. The highest BCUT2D eigenvalue weighted by molar-refractivity contribution is 5.25. The van der Waals surface area contributed by atoms with Gasteiger partial charge >= 0.3 is 0 Å². The summed E-state index contributed by atoms with van der Waals surface area (Å²) in [5, 5.41) is 13.3. The molecule has 0 spiro atoms. The molecule has 1 heterocycles. The maximum Gasteiger partial charge on any atom is 0.145 e. The summed E-state index contributed by atoms with van der Waals surface area (Å²) < 4.78 is 5.16. The number of nitrogens with zero attached hydrogens (tertiary/aromatic N) is 1. The zero-order chi connectivity index (χ0) is 8.77. The van der Waals surface area contributed by atoms with E-state index in [1.165, 1.54) is 0 Å². The molecule has 0 amide bonds. The van der Waals surface area contributed by atoms with Crippen molar-refractivity contribution in [1.82, 2.24) is 5.16 Å². The fourth-order valence-electron chi connectivity index (χ4n) is 1.97. The van der Waals surface area contributed by atoms with E-state index in [1.54, 1.807) is 6.20 Å². The molecule has 1 N–H and O–H groups in total. The standard InChI is InChI=1S/C9H13NO2/c1-9(2)4-7(11)3-6-5-10-12-8(6)9/h5,7,11H,3-4H2,1-2H3. The van der Waals surface area contributed by atoms with E-state index in [2.05, 4.69) is 19.0 Å². The molecule has 2 rings (SSSR count). The minimum Gasteiger partial charge on any atom is -0.393 e. The van der Waals surface area contributed by atoms with Crippen molar-refractivity contribution in [3.8, 4) is 0 Å². The van der Waals surface area contributed by atoms with Crippen LogP contribution in [-0.2, 0) is 11.8 Å². The minimum absolute atomic E-state index is 0.0660. The molecular weight excluding hydrogens is 154 g/mol. The molecule has 0 aromatic carbocycles. The van der Waals surface area contributed by atoms with Crippen LogP contribution in [0.15, 0.2) is 10.7 Å². The molecule has 66 valence electrons. The summed E-state index contributed by atoms with van der Waals surface area (Å²) in [6.07, 6.45) is 2.91. The molecule has 1 aliphatic rings. The van der Waals surface area contributed by atoms with E-state index in [-0.39, 0.29) is 11.5 Å². The third kappa shape index (κ3) is 1.05. The van der Waals surface area contributed by atoms with Crippen molar-refractivity contribution in [2.75, 3.05) is 0 Å². The Bertz CT molecular complexity index is 290. The maximum absolute atomic E-state index is 9.54. The maximum atomic E-state index is 9.54. The van der Waals surface area contributed by atoms with Gasteiger partial charge in [0.25, 0.3) is 0 Å². The number of aromatic nitrogens is 1. The Labute approximate surface area is 71.4 Å². The van der Waals surface area contributed by atoms with Crippen molar-refractivity contribution in [1.29, 1.82) is 0 Å². The Morgan fingerprint density at radius 2 is 2.42 bits per heavy atom. The summed E-state index contributed by atoms with van der Waals surface area (Å²) in [5.74, 6) is 0.938. The van der Waals surface area contributed by atoms with Gasteiger partial charge in [-0.15, -0.1) is 0 Å². The van der Waals surface area contributed by atoms with Gasteiger partial charge in [0.15, 0.2) is 0 Å². The van der Waals surface area contributed by atoms with Crippen LogP contribution in [0.2, 0.25) is 0 Å². The molecular formula is C9H13NO2. The van der Waals surface area contributed by atoms with E-state index in [0.29, 0.717) is 6.42 Å². The first-order valence-corrected chi connectivity index (χ1v) is 4.22. The summed E-state index contributed by atoms with van der Waals surface area (Å²) in [6.45, 7) is 4.14. The molecule has 3 nitrogen and oxygen atoms in total. The van der Waals surface area contributed by atoms with Crippen LogP contribution in [0.25, 0.3) is 0 Å². The van der Waals surface area contributed by atoms with Crippen molar-refractivity contribution in [2.45, 2.75) is 38.2 Å². The van der Waals surface area contributed by atoms with Crippen LogP contribution in [0.3, 0.4) is 0 Å². The Hall–Kier alpha value is -0.830. The summed E-state index contributed by atoms with van der Waals surface area (Å²) in [7, 11) is 0. The molecule has 1 atom stereocenters. The van der Waals surface area contributed by atoms with Crippen LogP contribution in [0.1, 0.15) is 31.6 Å². The van der Waals surface area contributed by atoms with E-state index in [0.717, 1.165) is 17.7 Å². The third-order valence-electron chi connectivity index (χ3n) is 2.46. The average Bonchev–Trinajstić information content (AvgIpc) is 2.32. The second kappa shape index (κ2) is 2.33. The predicted octanol–water partition coefficient (Wildman–Crippen LogP) is 1.26. The molecule has 0 saturated carbocycles. The summed E-state index contributed by atoms with van der Waals surface area (Å²) in [4.78, 5) is 0. The first kappa shape index (κ1) is 7.80. The number of aliphatic hydroxyl groups excluding tert-OH is 1. The molecule has 0 fully saturated rings. The van der Waals surface area contributed by atoms with Gasteiger partial charge in [0, 0.05) is 17.4 Å². The van der Waals surface area contributed by atoms with Gasteiger partial charge in [-0.2, -0.15) is 0 Å². The normalized spacial score (nSPS) is 26.8. The lowest BCUT2D eigenvalue weighted by Crippen LogP contribution is -2.31. The highest BCUT2D eigenvalue weighted by Crippen LogP contribution is 2.36. The van der Waals surface area contributed by atoms with Crippen molar-refractivity contribution in [2.24, 2.45) is 0 Å². The molecule has 1 unspecified atom stereocenters. The lowest BCUT2D eigenvalue weighted by Gasteiger charge is -2.30. The predicted molar refractivity (Wildman–Crippen MR) is 43.9 cm³/mol.